The number of halogens is 1. The fraction of sp³-hybridized carbons (Fsp3) is 0.304. The van der Waals surface area contributed by atoms with Crippen molar-refractivity contribution in [1.82, 2.24) is 20.2 Å². The predicted molar refractivity (Wildman–Crippen MR) is 118 cm³/mol. The van der Waals surface area contributed by atoms with Gasteiger partial charge in [0.2, 0.25) is 0 Å². The number of aromatic nitrogens is 2. The first kappa shape index (κ1) is 18.2. The minimum absolute atomic E-state index is 0.0162. The summed E-state index contributed by atoms with van der Waals surface area (Å²) in [5, 5.41) is 3.91. The van der Waals surface area contributed by atoms with Gasteiger partial charge in [-0.05, 0) is 54.5 Å². The summed E-state index contributed by atoms with van der Waals surface area (Å²) >= 11 is 0. The van der Waals surface area contributed by atoms with Gasteiger partial charge in [0.05, 0.1) is 22.4 Å². The van der Waals surface area contributed by atoms with Crippen LogP contribution in [0.15, 0.2) is 30.5 Å². The molecule has 0 radical (unpaired) electrons. The van der Waals surface area contributed by atoms with Gasteiger partial charge in [-0.3, -0.25) is 9.78 Å². The first-order chi connectivity index (χ1) is 14.4. The molecule has 2 aliphatic heterocycles. The van der Waals surface area contributed by atoms with Gasteiger partial charge in [-0.1, -0.05) is 6.07 Å². The quantitative estimate of drug-likeness (QED) is 0.595. The second-order valence-corrected chi connectivity index (χ2v) is 9.50. The van der Waals surface area contributed by atoms with E-state index < -0.39 is 0 Å². The smallest absolute Gasteiger partial charge is 0.253 e. The monoisotopic (exact) mass is 420 g/mol. The molecule has 1 aliphatic carbocycles. The SMILES string of the molecule is CN1CC2(CNC(=O)c3c2[nH]c2c3CCc3cnc(-c4ccc(P)cc4F)cc3-2)C1. The second-order valence-electron chi connectivity index (χ2n) is 8.83. The number of rotatable bonds is 1. The molecule has 2 aromatic heterocycles. The normalized spacial score (nSPS) is 19.0. The van der Waals surface area contributed by atoms with Gasteiger partial charge in [0.25, 0.3) is 5.91 Å². The van der Waals surface area contributed by atoms with Crippen LogP contribution in [0.2, 0.25) is 0 Å². The van der Waals surface area contributed by atoms with E-state index in [-0.39, 0.29) is 17.1 Å². The van der Waals surface area contributed by atoms with Crippen molar-refractivity contribution < 1.29 is 9.18 Å². The van der Waals surface area contributed by atoms with Crippen molar-refractivity contribution in [3.8, 4) is 22.5 Å². The zero-order chi connectivity index (χ0) is 20.6. The lowest BCUT2D eigenvalue weighted by Gasteiger charge is -2.50. The maximum Gasteiger partial charge on any atom is 0.253 e. The fourth-order valence-corrected chi connectivity index (χ4v) is 5.65. The molecule has 30 heavy (non-hydrogen) atoms. The molecular weight excluding hydrogens is 398 g/mol. The molecule has 1 unspecified atom stereocenters. The lowest BCUT2D eigenvalue weighted by molar-refractivity contribution is 0.0688. The number of likely N-dealkylation sites (tertiary alicyclic amines) is 1. The lowest BCUT2D eigenvalue weighted by Crippen LogP contribution is -2.65. The van der Waals surface area contributed by atoms with E-state index in [4.69, 9.17) is 0 Å². The molecule has 6 rings (SSSR count). The molecule has 1 saturated heterocycles. The summed E-state index contributed by atoms with van der Waals surface area (Å²) in [6.45, 7) is 2.53. The molecule has 1 spiro atoms. The second kappa shape index (κ2) is 6.22. The highest BCUT2D eigenvalue weighted by atomic mass is 31.0. The highest BCUT2D eigenvalue weighted by Gasteiger charge is 2.50. The highest BCUT2D eigenvalue weighted by molar-refractivity contribution is 7.27. The van der Waals surface area contributed by atoms with Crippen molar-refractivity contribution in [3.63, 3.8) is 0 Å². The Hall–Kier alpha value is -2.56. The maximum absolute atomic E-state index is 14.6. The third-order valence-electron chi connectivity index (χ3n) is 6.76. The Balaban J connectivity index is 1.52. The van der Waals surface area contributed by atoms with Crippen LogP contribution in [0.4, 0.5) is 4.39 Å². The van der Waals surface area contributed by atoms with E-state index in [0.29, 0.717) is 17.8 Å². The molecule has 1 atom stereocenters. The Kier molecular flexibility index (Phi) is 3.78. The molecule has 1 fully saturated rings. The summed E-state index contributed by atoms with van der Waals surface area (Å²) in [4.78, 5) is 23.3. The number of nitrogens with one attached hydrogen (secondary N) is 2. The Morgan fingerprint density at radius 1 is 1.20 bits per heavy atom. The van der Waals surface area contributed by atoms with Crippen molar-refractivity contribution in [2.75, 3.05) is 26.7 Å². The van der Waals surface area contributed by atoms with Crippen LogP contribution >= 0.6 is 9.24 Å². The van der Waals surface area contributed by atoms with Gasteiger partial charge >= 0.3 is 0 Å². The number of nitrogens with zero attached hydrogens (tertiary/aromatic N) is 2. The molecule has 3 aromatic rings. The van der Waals surface area contributed by atoms with Crippen LogP contribution in [0.3, 0.4) is 0 Å². The highest BCUT2D eigenvalue weighted by Crippen LogP contribution is 2.44. The van der Waals surface area contributed by atoms with Crippen LogP contribution in [0.1, 0.15) is 27.2 Å². The van der Waals surface area contributed by atoms with Crippen molar-refractivity contribution in [2.45, 2.75) is 18.3 Å². The number of benzene rings is 1. The van der Waals surface area contributed by atoms with Gasteiger partial charge < -0.3 is 15.2 Å². The summed E-state index contributed by atoms with van der Waals surface area (Å²) in [5.41, 5.74) is 7.20. The number of aryl methyl sites for hydroxylation is 1. The van der Waals surface area contributed by atoms with Crippen molar-refractivity contribution in [3.05, 3.63) is 58.7 Å². The Labute approximate surface area is 176 Å². The number of likely N-dealkylation sites (N-methyl/N-ethyl adjacent to an activating group) is 1. The number of pyridine rings is 1. The van der Waals surface area contributed by atoms with Gasteiger partial charge in [0.15, 0.2) is 0 Å². The summed E-state index contributed by atoms with van der Waals surface area (Å²) in [6, 6.07) is 7.10. The molecule has 152 valence electrons. The standard InChI is InChI=1S/C23H22FN4OP/c1-28-10-23(11-28)9-26-22(29)19-15-4-2-12-8-25-18(7-16(12)20(15)27-21(19)23)14-5-3-13(30)6-17(14)24/h3,5-8,27H,2,4,9-11,30H2,1H3,(H,26,29). The van der Waals surface area contributed by atoms with Crippen LogP contribution in [0, 0.1) is 5.82 Å². The largest absolute Gasteiger partial charge is 0.357 e. The van der Waals surface area contributed by atoms with Crippen molar-refractivity contribution in [1.29, 1.82) is 0 Å². The molecule has 3 aliphatic rings. The van der Waals surface area contributed by atoms with E-state index in [9.17, 15) is 9.18 Å². The van der Waals surface area contributed by atoms with Crippen LogP contribution in [0.5, 0.6) is 0 Å². The molecule has 0 bridgehead atoms. The van der Waals surface area contributed by atoms with E-state index in [2.05, 4.69) is 36.5 Å². The average Bonchev–Trinajstić information content (AvgIpc) is 3.10. The van der Waals surface area contributed by atoms with E-state index in [1.54, 1.807) is 6.07 Å². The molecule has 5 nitrogen and oxygen atoms in total. The summed E-state index contributed by atoms with van der Waals surface area (Å²) in [7, 11) is 4.62. The fourth-order valence-electron chi connectivity index (χ4n) is 5.41. The Morgan fingerprint density at radius 3 is 2.80 bits per heavy atom. The van der Waals surface area contributed by atoms with Gasteiger partial charge in [0.1, 0.15) is 5.82 Å². The van der Waals surface area contributed by atoms with Gasteiger partial charge in [-0.25, -0.2) is 4.39 Å². The van der Waals surface area contributed by atoms with Crippen LogP contribution in [-0.4, -0.2) is 47.5 Å². The molecule has 1 aromatic carbocycles. The average molecular weight is 420 g/mol. The van der Waals surface area contributed by atoms with Crippen molar-refractivity contribution in [2.24, 2.45) is 0 Å². The minimum Gasteiger partial charge on any atom is -0.357 e. The molecule has 0 saturated carbocycles. The first-order valence-corrected chi connectivity index (χ1v) is 10.8. The molecular formula is C23H22FN4OP. The Morgan fingerprint density at radius 2 is 2.03 bits per heavy atom. The predicted octanol–water partition coefficient (Wildman–Crippen LogP) is 2.41. The number of hydrogen-bond donors (Lipinski definition) is 2. The molecule has 4 heterocycles. The van der Waals surface area contributed by atoms with E-state index in [0.717, 1.165) is 64.9 Å². The van der Waals surface area contributed by atoms with E-state index >= 15 is 0 Å². The topological polar surface area (TPSA) is 61.0 Å². The van der Waals surface area contributed by atoms with Crippen LogP contribution < -0.4 is 10.6 Å². The van der Waals surface area contributed by atoms with Gasteiger partial charge in [-0.15, -0.1) is 9.24 Å². The number of carbonyl (C=O) groups is 1. The lowest BCUT2D eigenvalue weighted by atomic mass is 9.73. The molecule has 1 amide bonds. The molecule has 2 N–H and O–H groups in total. The van der Waals surface area contributed by atoms with Crippen LogP contribution in [-0.2, 0) is 18.3 Å². The van der Waals surface area contributed by atoms with Gasteiger partial charge in [-0.2, -0.15) is 0 Å². The number of aromatic amines is 1. The number of carbonyl (C=O) groups excluding carboxylic acids is 1. The summed E-state index contributed by atoms with van der Waals surface area (Å²) in [6.07, 6.45) is 3.49. The van der Waals surface area contributed by atoms with E-state index in [1.165, 1.54) is 6.07 Å². The third-order valence-corrected chi connectivity index (χ3v) is 7.12. The molecule has 7 heteroatoms. The summed E-state index contributed by atoms with van der Waals surface area (Å²) in [5.74, 6) is -0.268. The van der Waals surface area contributed by atoms with E-state index in [1.807, 2.05) is 18.3 Å². The number of H-pyrrole nitrogens is 1. The summed E-state index contributed by atoms with van der Waals surface area (Å²) < 4.78 is 14.6. The number of hydrogen-bond acceptors (Lipinski definition) is 3. The first-order valence-electron chi connectivity index (χ1n) is 10.2. The Bertz CT molecular complexity index is 1230. The van der Waals surface area contributed by atoms with Crippen molar-refractivity contribution >= 4 is 20.5 Å². The minimum atomic E-state index is -0.285. The number of amides is 1. The zero-order valence-corrected chi connectivity index (χ0v) is 17.8. The third kappa shape index (κ3) is 2.47. The van der Waals surface area contributed by atoms with Crippen LogP contribution in [0.25, 0.3) is 22.5 Å². The maximum atomic E-state index is 14.6. The number of fused-ring (bicyclic) bond motifs is 6. The zero-order valence-electron chi connectivity index (χ0n) is 16.7. The van der Waals surface area contributed by atoms with Gasteiger partial charge in [0, 0.05) is 42.7 Å².